The SMILES string of the molecule is NC1=NC(=O)N(C2CC2)C1c1cccc(C(F)F)c1. The number of hydrogen-bond acceptors (Lipinski definition) is 2. The predicted octanol–water partition coefficient (Wildman–Crippen LogP) is 2.62. The van der Waals surface area contributed by atoms with Crippen molar-refractivity contribution < 1.29 is 13.6 Å². The van der Waals surface area contributed by atoms with E-state index in [1.165, 1.54) is 12.1 Å². The minimum atomic E-state index is -2.54. The number of nitrogens with zero attached hydrogens (tertiary/aromatic N) is 2. The first kappa shape index (κ1) is 12.1. The average molecular weight is 265 g/mol. The Bertz CT molecular complexity index is 555. The minimum absolute atomic E-state index is 0.0691. The van der Waals surface area contributed by atoms with Crippen molar-refractivity contribution in [1.29, 1.82) is 0 Å². The van der Waals surface area contributed by atoms with Gasteiger partial charge in [0.1, 0.15) is 11.9 Å². The molecule has 1 saturated carbocycles. The molecule has 6 heteroatoms. The van der Waals surface area contributed by atoms with E-state index < -0.39 is 12.5 Å². The maximum absolute atomic E-state index is 12.7. The fraction of sp³-hybridized carbons (Fsp3) is 0.385. The quantitative estimate of drug-likeness (QED) is 0.913. The molecule has 0 spiro atoms. The molecule has 100 valence electrons. The van der Waals surface area contributed by atoms with Gasteiger partial charge in [0, 0.05) is 11.6 Å². The third kappa shape index (κ3) is 2.07. The fourth-order valence-corrected chi connectivity index (χ4v) is 2.40. The Morgan fingerprint density at radius 3 is 2.74 bits per heavy atom. The van der Waals surface area contributed by atoms with Gasteiger partial charge in [0.2, 0.25) is 0 Å². The first-order valence-corrected chi connectivity index (χ1v) is 6.12. The molecule has 0 saturated heterocycles. The van der Waals surface area contributed by atoms with Crippen LogP contribution in [0, 0.1) is 0 Å². The summed E-state index contributed by atoms with van der Waals surface area (Å²) in [6.07, 6.45) is -0.705. The number of amides is 2. The molecule has 1 aromatic carbocycles. The van der Waals surface area contributed by atoms with Crippen LogP contribution in [0.3, 0.4) is 0 Å². The van der Waals surface area contributed by atoms with E-state index >= 15 is 0 Å². The fourth-order valence-electron chi connectivity index (χ4n) is 2.40. The zero-order valence-corrected chi connectivity index (χ0v) is 10.1. The molecular formula is C13H13F2N3O. The number of halogens is 2. The van der Waals surface area contributed by atoms with E-state index in [9.17, 15) is 13.6 Å². The van der Waals surface area contributed by atoms with Crippen molar-refractivity contribution in [2.45, 2.75) is 31.4 Å². The van der Waals surface area contributed by atoms with Crippen LogP contribution in [0.5, 0.6) is 0 Å². The van der Waals surface area contributed by atoms with Crippen LogP contribution in [0.2, 0.25) is 0 Å². The molecule has 4 nitrogen and oxygen atoms in total. The molecule has 1 unspecified atom stereocenters. The molecule has 19 heavy (non-hydrogen) atoms. The van der Waals surface area contributed by atoms with Gasteiger partial charge in [0.25, 0.3) is 6.43 Å². The lowest BCUT2D eigenvalue weighted by atomic mass is 10.0. The van der Waals surface area contributed by atoms with Gasteiger partial charge in [-0.05, 0) is 24.5 Å². The number of hydrogen-bond donors (Lipinski definition) is 1. The van der Waals surface area contributed by atoms with E-state index in [-0.39, 0.29) is 23.5 Å². The van der Waals surface area contributed by atoms with Crippen LogP contribution in [-0.4, -0.2) is 22.8 Å². The zero-order valence-electron chi connectivity index (χ0n) is 10.1. The molecule has 2 amide bonds. The number of aliphatic imine (C=N–C) groups is 1. The molecule has 0 radical (unpaired) electrons. The number of urea groups is 1. The summed E-state index contributed by atoms with van der Waals surface area (Å²) in [6.45, 7) is 0. The van der Waals surface area contributed by atoms with Gasteiger partial charge in [-0.25, -0.2) is 13.6 Å². The molecule has 3 rings (SSSR count). The largest absolute Gasteiger partial charge is 0.385 e. The summed E-state index contributed by atoms with van der Waals surface area (Å²) in [4.78, 5) is 17.1. The highest BCUT2D eigenvalue weighted by Crippen LogP contribution is 2.38. The lowest BCUT2D eigenvalue weighted by Gasteiger charge is -2.24. The van der Waals surface area contributed by atoms with E-state index in [1.807, 2.05) is 0 Å². The van der Waals surface area contributed by atoms with Crippen molar-refractivity contribution in [3.63, 3.8) is 0 Å². The summed E-state index contributed by atoms with van der Waals surface area (Å²) >= 11 is 0. The zero-order chi connectivity index (χ0) is 13.6. The van der Waals surface area contributed by atoms with Gasteiger partial charge in [0.05, 0.1) is 0 Å². The van der Waals surface area contributed by atoms with Gasteiger partial charge in [0.15, 0.2) is 0 Å². The minimum Gasteiger partial charge on any atom is -0.385 e. The lowest BCUT2D eigenvalue weighted by Crippen LogP contribution is -2.35. The molecule has 2 aliphatic rings. The van der Waals surface area contributed by atoms with Gasteiger partial charge in [-0.3, -0.25) is 0 Å². The van der Waals surface area contributed by atoms with E-state index in [2.05, 4.69) is 4.99 Å². The summed E-state index contributed by atoms with van der Waals surface area (Å²) in [5.74, 6) is 0.184. The average Bonchev–Trinajstić information content (AvgIpc) is 3.15. The van der Waals surface area contributed by atoms with E-state index in [0.29, 0.717) is 5.56 Å². The number of rotatable bonds is 3. The molecule has 0 bridgehead atoms. The topological polar surface area (TPSA) is 58.7 Å². The third-order valence-corrected chi connectivity index (χ3v) is 3.42. The van der Waals surface area contributed by atoms with Crippen LogP contribution in [0.4, 0.5) is 13.6 Å². The van der Waals surface area contributed by atoms with E-state index in [4.69, 9.17) is 5.73 Å². The van der Waals surface area contributed by atoms with Crippen molar-refractivity contribution in [2.75, 3.05) is 0 Å². The van der Waals surface area contributed by atoms with Crippen LogP contribution >= 0.6 is 0 Å². The van der Waals surface area contributed by atoms with Crippen molar-refractivity contribution in [2.24, 2.45) is 10.7 Å². The van der Waals surface area contributed by atoms with Crippen LogP contribution < -0.4 is 5.73 Å². The number of amidine groups is 1. The molecule has 1 fully saturated rings. The van der Waals surface area contributed by atoms with Crippen LogP contribution in [0.25, 0.3) is 0 Å². The smallest absolute Gasteiger partial charge is 0.346 e. The molecule has 1 aliphatic heterocycles. The van der Waals surface area contributed by atoms with Crippen molar-refractivity contribution in [1.82, 2.24) is 4.90 Å². The molecule has 1 aliphatic carbocycles. The Hall–Kier alpha value is -1.98. The van der Waals surface area contributed by atoms with Gasteiger partial charge in [-0.1, -0.05) is 18.2 Å². The maximum atomic E-state index is 12.7. The highest BCUT2D eigenvalue weighted by Gasteiger charge is 2.43. The van der Waals surface area contributed by atoms with Gasteiger partial charge < -0.3 is 10.6 Å². The molecular weight excluding hydrogens is 252 g/mol. The van der Waals surface area contributed by atoms with Crippen molar-refractivity contribution >= 4 is 11.9 Å². The maximum Gasteiger partial charge on any atom is 0.346 e. The number of carbonyl (C=O) groups is 1. The van der Waals surface area contributed by atoms with E-state index in [0.717, 1.165) is 12.8 Å². The van der Waals surface area contributed by atoms with E-state index in [1.54, 1.807) is 17.0 Å². The summed E-state index contributed by atoms with van der Waals surface area (Å²) in [5.41, 5.74) is 6.31. The van der Waals surface area contributed by atoms with Crippen LogP contribution in [0.1, 0.15) is 36.4 Å². The summed E-state index contributed by atoms with van der Waals surface area (Å²) in [6, 6.07) is 5.28. The second-order valence-electron chi connectivity index (χ2n) is 4.83. The van der Waals surface area contributed by atoms with Crippen molar-refractivity contribution in [3.05, 3.63) is 35.4 Å². The van der Waals surface area contributed by atoms with Crippen LogP contribution in [-0.2, 0) is 0 Å². The van der Waals surface area contributed by atoms with Gasteiger partial charge >= 0.3 is 6.03 Å². The van der Waals surface area contributed by atoms with Crippen LogP contribution in [0.15, 0.2) is 29.3 Å². The lowest BCUT2D eigenvalue weighted by molar-refractivity contribution is 0.151. The number of nitrogens with two attached hydrogens (primary N) is 1. The molecule has 0 aromatic heterocycles. The Labute approximate surface area is 108 Å². The second-order valence-corrected chi connectivity index (χ2v) is 4.83. The summed E-state index contributed by atoms with van der Waals surface area (Å²) < 4.78 is 25.5. The van der Waals surface area contributed by atoms with Gasteiger partial charge in [-0.2, -0.15) is 4.99 Å². The Morgan fingerprint density at radius 1 is 1.37 bits per heavy atom. The highest BCUT2D eigenvalue weighted by atomic mass is 19.3. The Morgan fingerprint density at radius 2 is 2.11 bits per heavy atom. The highest BCUT2D eigenvalue weighted by molar-refractivity contribution is 6.03. The standard InChI is InChI=1S/C13H13F2N3O/c14-11(15)8-3-1-2-7(6-8)10-12(16)17-13(19)18(10)9-4-5-9/h1-3,6,9-11H,4-5H2,(H2,16,17,19). The first-order valence-electron chi connectivity index (χ1n) is 6.12. The Balaban J connectivity index is 1.97. The number of carbonyl (C=O) groups excluding carboxylic acids is 1. The van der Waals surface area contributed by atoms with Crippen molar-refractivity contribution in [3.8, 4) is 0 Å². The molecule has 1 aromatic rings. The monoisotopic (exact) mass is 265 g/mol. The Kier molecular flexibility index (Phi) is 2.73. The number of alkyl halides is 2. The first-order chi connectivity index (χ1) is 9.08. The second kappa shape index (κ2) is 4.29. The molecule has 1 atom stereocenters. The third-order valence-electron chi connectivity index (χ3n) is 3.42. The molecule has 1 heterocycles. The summed E-state index contributed by atoms with van der Waals surface area (Å²) in [5, 5.41) is 0. The number of benzene rings is 1. The summed E-state index contributed by atoms with van der Waals surface area (Å²) in [7, 11) is 0. The molecule has 2 N–H and O–H groups in total. The van der Waals surface area contributed by atoms with Gasteiger partial charge in [-0.15, -0.1) is 0 Å². The predicted molar refractivity (Wildman–Crippen MR) is 66.0 cm³/mol. The normalized spacial score (nSPS) is 23.1.